The molecule has 2 atom stereocenters. The van der Waals surface area contributed by atoms with Crippen molar-refractivity contribution in [2.75, 3.05) is 6.54 Å². The Kier molecular flexibility index (Phi) is 5.93. The van der Waals surface area contributed by atoms with Crippen molar-refractivity contribution in [1.82, 2.24) is 4.31 Å². The Hall–Kier alpha value is -1.45. The average Bonchev–Trinajstić information content (AvgIpc) is 3.21. The van der Waals surface area contributed by atoms with Gasteiger partial charge < -0.3 is 9.84 Å². The van der Waals surface area contributed by atoms with Crippen molar-refractivity contribution in [3.63, 3.8) is 0 Å². The Morgan fingerprint density at radius 1 is 1.30 bits per heavy atom. The minimum Gasteiger partial charge on any atom is -0.459 e. The van der Waals surface area contributed by atoms with Gasteiger partial charge >= 0.3 is 5.97 Å². The summed E-state index contributed by atoms with van der Waals surface area (Å²) < 4.78 is 32.9. The van der Waals surface area contributed by atoms with Crippen molar-refractivity contribution >= 4 is 38.9 Å². The van der Waals surface area contributed by atoms with E-state index in [1.165, 1.54) is 17.4 Å². The van der Waals surface area contributed by atoms with Gasteiger partial charge in [0.2, 0.25) is 10.0 Å². The topological polar surface area (TPSA) is 83.9 Å². The summed E-state index contributed by atoms with van der Waals surface area (Å²) in [5.74, 6) is -0.677. The van der Waals surface area contributed by atoms with Crippen LogP contribution in [0.2, 0.25) is 4.34 Å². The molecule has 146 valence electrons. The largest absolute Gasteiger partial charge is 0.459 e. The highest BCUT2D eigenvalue weighted by atomic mass is 35.5. The Morgan fingerprint density at radius 2 is 2.04 bits per heavy atom. The van der Waals surface area contributed by atoms with Crippen LogP contribution in [0.5, 0.6) is 0 Å². The first-order valence-electron chi connectivity index (χ1n) is 8.36. The van der Waals surface area contributed by atoms with Crippen LogP contribution in [0.4, 0.5) is 0 Å². The molecule has 1 aromatic carbocycles. The zero-order chi connectivity index (χ0) is 19.8. The number of benzene rings is 1. The van der Waals surface area contributed by atoms with Gasteiger partial charge in [0.25, 0.3) is 0 Å². The van der Waals surface area contributed by atoms with Gasteiger partial charge in [-0.15, -0.1) is 11.3 Å². The Morgan fingerprint density at radius 3 is 2.67 bits per heavy atom. The van der Waals surface area contributed by atoms with Crippen LogP contribution in [0.3, 0.4) is 0 Å². The number of hydrogen-bond acceptors (Lipinski definition) is 6. The standard InChI is InChI=1S/C18H20ClNO5S2/c1-11-3-5-15(7-12(11)2)27(23,24)20-9-13(21)8-16(20)18(22)25-10-14-4-6-17(19)26-14/h3-7,13,16,21H,8-10H2,1-2H3/t13?,16-/m0/s1. The first-order valence-corrected chi connectivity index (χ1v) is 11.0. The quantitative estimate of drug-likeness (QED) is 0.739. The van der Waals surface area contributed by atoms with E-state index in [0.717, 1.165) is 20.3 Å². The number of aliphatic hydroxyl groups excluding tert-OH is 1. The second-order valence-corrected chi connectivity index (χ2v) is 10.2. The second-order valence-electron chi connectivity index (χ2n) is 6.54. The van der Waals surface area contributed by atoms with E-state index in [9.17, 15) is 18.3 Å². The summed E-state index contributed by atoms with van der Waals surface area (Å²) >= 11 is 7.14. The molecule has 9 heteroatoms. The van der Waals surface area contributed by atoms with Gasteiger partial charge in [-0.3, -0.25) is 4.79 Å². The van der Waals surface area contributed by atoms with Crippen LogP contribution in [0.15, 0.2) is 35.2 Å². The molecule has 6 nitrogen and oxygen atoms in total. The molecule has 1 N–H and O–H groups in total. The van der Waals surface area contributed by atoms with E-state index in [-0.39, 0.29) is 24.5 Å². The van der Waals surface area contributed by atoms with E-state index < -0.39 is 28.1 Å². The lowest BCUT2D eigenvalue weighted by Crippen LogP contribution is -2.41. The molecule has 1 aliphatic rings. The maximum atomic E-state index is 13.0. The molecule has 1 saturated heterocycles. The molecule has 27 heavy (non-hydrogen) atoms. The number of esters is 1. The maximum Gasteiger partial charge on any atom is 0.324 e. The van der Waals surface area contributed by atoms with Crippen LogP contribution in [0.25, 0.3) is 0 Å². The molecule has 0 spiro atoms. The highest BCUT2D eigenvalue weighted by Gasteiger charge is 2.44. The molecule has 2 aromatic rings. The van der Waals surface area contributed by atoms with Crippen molar-refractivity contribution in [2.24, 2.45) is 0 Å². The van der Waals surface area contributed by atoms with Crippen molar-refractivity contribution in [3.8, 4) is 0 Å². The normalized spacial score (nSPS) is 20.7. The van der Waals surface area contributed by atoms with E-state index in [2.05, 4.69) is 0 Å². The number of β-amino-alcohol motifs (C(OH)–C–C–N with tert-alkyl or cyclic N) is 1. The van der Waals surface area contributed by atoms with E-state index in [0.29, 0.717) is 4.34 Å². The third-order valence-electron chi connectivity index (χ3n) is 4.58. The SMILES string of the molecule is Cc1ccc(S(=O)(=O)N2CC(O)C[C@H]2C(=O)OCc2ccc(Cl)s2)cc1C. The predicted molar refractivity (Wildman–Crippen MR) is 103 cm³/mol. The maximum absolute atomic E-state index is 13.0. The highest BCUT2D eigenvalue weighted by Crippen LogP contribution is 2.29. The Bertz CT molecular complexity index is 956. The Balaban J connectivity index is 1.80. The molecular weight excluding hydrogens is 410 g/mol. The lowest BCUT2D eigenvalue weighted by molar-refractivity contribution is -0.148. The van der Waals surface area contributed by atoms with Crippen molar-refractivity contribution < 1.29 is 23.1 Å². The van der Waals surface area contributed by atoms with Gasteiger partial charge in [-0.2, -0.15) is 4.31 Å². The zero-order valence-corrected chi connectivity index (χ0v) is 17.3. The number of carbonyl (C=O) groups excluding carboxylic acids is 1. The van der Waals surface area contributed by atoms with E-state index >= 15 is 0 Å². The summed E-state index contributed by atoms with van der Waals surface area (Å²) in [6.07, 6.45) is -0.909. The molecule has 3 rings (SSSR count). The third-order valence-corrected chi connectivity index (χ3v) is 7.65. The van der Waals surface area contributed by atoms with Gasteiger partial charge in [0, 0.05) is 17.8 Å². The fraction of sp³-hybridized carbons (Fsp3) is 0.389. The van der Waals surface area contributed by atoms with E-state index in [4.69, 9.17) is 16.3 Å². The van der Waals surface area contributed by atoms with Crippen LogP contribution in [-0.2, 0) is 26.2 Å². The highest BCUT2D eigenvalue weighted by molar-refractivity contribution is 7.89. The third kappa shape index (κ3) is 4.35. The molecule has 0 saturated carbocycles. The number of ether oxygens (including phenoxy) is 1. The summed E-state index contributed by atoms with van der Waals surface area (Å²) in [4.78, 5) is 13.4. The molecule has 1 aromatic heterocycles. The number of carbonyl (C=O) groups is 1. The molecule has 1 unspecified atom stereocenters. The summed E-state index contributed by atoms with van der Waals surface area (Å²) in [5, 5.41) is 9.99. The number of rotatable bonds is 5. The van der Waals surface area contributed by atoms with Crippen LogP contribution < -0.4 is 0 Å². The van der Waals surface area contributed by atoms with Crippen molar-refractivity contribution in [2.45, 2.75) is 43.9 Å². The first-order chi connectivity index (χ1) is 12.7. The Labute approximate surface area is 167 Å². The molecule has 0 bridgehead atoms. The van der Waals surface area contributed by atoms with Gasteiger partial charge in [0.1, 0.15) is 12.6 Å². The number of nitrogens with zero attached hydrogens (tertiary/aromatic N) is 1. The fourth-order valence-electron chi connectivity index (χ4n) is 2.94. The van der Waals surface area contributed by atoms with Gasteiger partial charge in [-0.1, -0.05) is 17.7 Å². The molecule has 0 radical (unpaired) electrons. The fourth-order valence-corrected chi connectivity index (χ4v) is 5.65. The minimum atomic E-state index is -3.93. The number of thiophene rings is 1. The van der Waals surface area contributed by atoms with Crippen molar-refractivity contribution in [3.05, 3.63) is 50.7 Å². The summed E-state index contributed by atoms with van der Waals surface area (Å²) in [7, 11) is -3.93. The van der Waals surface area contributed by atoms with Crippen LogP contribution >= 0.6 is 22.9 Å². The first kappa shape index (κ1) is 20.3. The predicted octanol–water partition coefficient (Wildman–Crippen LogP) is 2.89. The smallest absolute Gasteiger partial charge is 0.324 e. The lowest BCUT2D eigenvalue weighted by atomic mass is 10.1. The molecule has 2 heterocycles. The number of halogens is 1. The van der Waals surface area contributed by atoms with E-state index in [1.807, 2.05) is 13.8 Å². The number of aryl methyl sites for hydroxylation is 2. The van der Waals surface area contributed by atoms with Gasteiger partial charge in [-0.05, 0) is 49.2 Å². The number of sulfonamides is 1. The monoisotopic (exact) mass is 429 g/mol. The van der Waals surface area contributed by atoms with Gasteiger partial charge in [0.05, 0.1) is 15.3 Å². The van der Waals surface area contributed by atoms with Gasteiger partial charge in [-0.25, -0.2) is 8.42 Å². The minimum absolute atomic E-state index is 0.00804. The molecule has 0 amide bonds. The summed E-state index contributed by atoms with van der Waals surface area (Å²) in [6.45, 7) is 3.59. The number of hydrogen-bond donors (Lipinski definition) is 1. The van der Waals surface area contributed by atoms with Crippen LogP contribution in [0.1, 0.15) is 22.4 Å². The van der Waals surface area contributed by atoms with E-state index in [1.54, 1.807) is 24.3 Å². The average molecular weight is 430 g/mol. The molecular formula is C18H20ClNO5S2. The molecule has 1 aliphatic heterocycles. The van der Waals surface area contributed by atoms with Crippen LogP contribution in [0, 0.1) is 13.8 Å². The lowest BCUT2D eigenvalue weighted by Gasteiger charge is -2.22. The van der Waals surface area contributed by atoms with Crippen LogP contribution in [-0.4, -0.2) is 42.5 Å². The molecule has 1 fully saturated rings. The summed E-state index contributed by atoms with van der Waals surface area (Å²) in [6, 6.07) is 7.20. The molecule has 0 aliphatic carbocycles. The second kappa shape index (κ2) is 7.89. The van der Waals surface area contributed by atoms with Gasteiger partial charge in [0.15, 0.2) is 0 Å². The summed E-state index contributed by atoms with van der Waals surface area (Å²) in [5.41, 5.74) is 1.81. The number of aliphatic hydroxyl groups is 1. The van der Waals surface area contributed by atoms with Crippen molar-refractivity contribution in [1.29, 1.82) is 0 Å². The zero-order valence-electron chi connectivity index (χ0n) is 14.9.